The highest BCUT2D eigenvalue weighted by Gasteiger charge is 2.34. The molecule has 4 heteroatoms. The highest BCUT2D eigenvalue weighted by atomic mass is 16.5. The molecule has 1 saturated carbocycles. The van der Waals surface area contributed by atoms with E-state index < -0.39 is 0 Å². The fourth-order valence-corrected chi connectivity index (χ4v) is 5.03. The van der Waals surface area contributed by atoms with Gasteiger partial charge >= 0.3 is 0 Å². The van der Waals surface area contributed by atoms with Crippen LogP contribution in [0.4, 0.5) is 0 Å². The fraction of sp³-hybridized carbons (Fsp3) is 0.947. The molecule has 4 nitrogen and oxygen atoms in total. The van der Waals surface area contributed by atoms with Crippen molar-refractivity contribution in [3.63, 3.8) is 0 Å². The highest BCUT2D eigenvalue weighted by molar-refractivity contribution is 5.76. The first-order valence-corrected chi connectivity index (χ1v) is 9.89. The van der Waals surface area contributed by atoms with E-state index in [-0.39, 0.29) is 5.91 Å². The number of hydrogen-bond donors (Lipinski definition) is 2. The van der Waals surface area contributed by atoms with E-state index in [9.17, 15) is 4.79 Å². The van der Waals surface area contributed by atoms with Crippen molar-refractivity contribution in [2.45, 2.75) is 89.3 Å². The highest BCUT2D eigenvalue weighted by Crippen LogP contribution is 2.33. The molecule has 2 bridgehead atoms. The minimum atomic E-state index is 0.248. The molecule has 2 N–H and O–H groups in total. The van der Waals surface area contributed by atoms with E-state index in [0.29, 0.717) is 30.0 Å². The predicted octanol–water partition coefficient (Wildman–Crippen LogP) is 3.01. The van der Waals surface area contributed by atoms with Crippen LogP contribution in [0.25, 0.3) is 0 Å². The number of piperidine rings is 1. The Balaban J connectivity index is 1.34. The lowest BCUT2D eigenvalue weighted by Crippen LogP contribution is -2.40. The minimum absolute atomic E-state index is 0.248. The van der Waals surface area contributed by atoms with Crippen LogP contribution >= 0.6 is 0 Å². The normalized spacial score (nSPS) is 32.1. The summed E-state index contributed by atoms with van der Waals surface area (Å²) in [5, 5.41) is 6.80. The Labute approximate surface area is 141 Å². The monoisotopic (exact) mass is 322 g/mol. The number of carbonyl (C=O) groups excluding carboxylic acids is 1. The summed E-state index contributed by atoms with van der Waals surface area (Å²) in [7, 11) is 0. The zero-order valence-corrected chi connectivity index (χ0v) is 14.7. The van der Waals surface area contributed by atoms with Crippen LogP contribution in [0.2, 0.25) is 0 Å². The number of amides is 1. The Morgan fingerprint density at radius 1 is 1.17 bits per heavy atom. The first-order valence-electron chi connectivity index (χ1n) is 9.89. The van der Waals surface area contributed by atoms with Gasteiger partial charge in [-0.05, 0) is 63.7 Å². The van der Waals surface area contributed by atoms with E-state index in [2.05, 4.69) is 17.6 Å². The topological polar surface area (TPSA) is 50.4 Å². The van der Waals surface area contributed by atoms with Gasteiger partial charge in [0, 0.05) is 31.7 Å². The fourth-order valence-electron chi connectivity index (χ4n) is 5.03. The maximum absolute atomic E-state index is 12.2. The van der Waals surface area contributed by atoms with Gasteiger partial charge in [-0.15, -0.1) is 0 Å². The van der Waals surface area contributed by atoms with Crippen molar-refractivity contribution < 1.29 is 9.53 Å². The van der Waals surface area contributed by atoms with Crippen molar-refractivity contribution in [2.24, 2.45) is 11.8 Å². The Kier molecular flexibility index (Phi) is 6.35. The van der Waals surface area contributed by atoms with Crippen molar-refractivity contribution in [1.29, 1.82) is 0 Å². The molecule has 0 radical (unpaired) electrons. The van der Waals surface area contributed by atoms with Gasteiger partial charge in [-0.1, -0.05) is 12.8 Å². The molecule has 3 unspecified atom stereocenters. The Bertz CT molecular complexity index is 370. The van der Waals surface area contributed by atoms with Gasteiger partial charge in [-0.3, -0.25) is 4.79 Å². The zero-order chi connectivity index (χ0) is 16.1. The molecular formula is C19H34N2O2. The summed E-state index contributed by atoms with van der Waals surface area (Å²) in [6.45, 7) is 3.64. The van der Waals surface area contributed by atoms with Crippen LogP contribution < -0.4 is 10.6 Å². The number of fused-ring (bicyclic) bond motifs is 2. The third-order valence-corrected chi connectivity index (χ3v) is 6.10. The van der Waals surface area contributed by atoms with Crippen molar-refractivity contribution in [1.82, 2.24) is 10.6 Å². The zero-order valence-electron chi connectivity index (χ0n) is 14.7. The summed E-state index contributed by atoms with van der Waals surface area (Å²) in [5.74, 6) is 1.55. The van der Waals surface area contributed by atoms with E-state index in [4.69, 9.17) is 4.74 Å². The smallest absolute Gasteiger partial charge is 0.220 e. The SMILES string of the molecule is CCOC(CCNC(=O)CC1CC2CCC(C1)N2)C1CCCC1. The lowest BCUT2D eigenvalue weighted by atomic mass is 9.89. The quantitative estimate of drug-likeness (QED) is 0.722. The van der Waals surface area contributed by atoms with Gasteiger partial charge in [0.25, 0.3) is 0 Å². The molecule has 2 saturated heterocycles. The van der Waals surface area contributed by atoms with Crippen molar-refractivity contribution in [2.75, 3.05) is 13.2 Å². The summed E-state index contributed by atoms with van der Waals surface area (Å²) >= 11 is 0. The standard InChI is InChI=1S/C19H34N2O2/c1-2-23-18(15-5-3-4-6-15)9-10-20-19(22)13-14-11-16-7-8-17(12-14)21-16/h14-18,21H,2-13H2,1H3,(H,20,22). The molecule has 23 heavy (non-hydrogen) atoms. The average Bonchev–Trinajstić information content (AvgIpc) is 3.16. The minimum Gasteiger partial charge on any atom is -0.378 e. The molecule has 1 amide bonds. The number of carbonyl (C=O) groups is 1. The first kappa shape index (κ1) is 17.2. The molecule has 0 aromatic rings. The number of ether oxygens (including phenoxy) is 1. The van der Waals surface area contributed by atoms with Crippen LogP contribution in [-0.2, 0) is 9.53 Å². The second-order valence-electron chi connectivity index (χ2n) is 7.86. The van der Waals surface area contributed by atoms with Gasteiger partial charge in [-0.25, -0.2) is 0 Å². The number of rotatable bonds is 8. The summed E-state index contributed by atoms with van der Waals surface area (Å²) in [5.41, 5.74) is 0. The van der Waals surface area contributed by atoms with Crippen molar-refractivity contribution >= 4 is 5.91 Å². The summed E-state index contributed by atoms with van der Waals surface area (Å²) < 4.78 is 5.93. The van der Waals surface area contributed by atoms with Crippen LogP contribution in [0, 0.1) is 11.8 Å². The van der Waals surface area contributed by atoms with Gasteiger partial charge < -0.3 is 15.4 Å². The maximum atomic E-state index is 12.2. The molecular weight excluding hydrogens is 288 g/mol. The molecule has 2 aliphatic heterocycles. The van der Waals surface area contributed by atoms with Crippen LogP contribution in [0.1, 0.15) is 71.1 Å². The Morgan fingerprint density at radius 3 is 2.52 bits per heavy atom. The molecule has 132 valence electrons. The van der Waals surface area contributed by atoms with Gasteiger partial charge in [0.05, 0.1) is 6.10 Å². The molecule has 3 aliphatic rings. The lowest BCUT2D eigenvalue weighted by Gasteiger charge is -2.28. The van der Waals surface area contributed by atoms with Gasteiger partial charge in [0.15, 0.2) is 0 Å². The molecule has 3 atom stereocenters. The summed E-state index contributed by atoms with van der Waals surface area (Å²) in [6.07, 6.45) is 12.3. The third-order valence-electron chi connectivity index (χ3n) is 6.10. The largest absolute Gasteiger partial charge is 0.378 e. The molecule has 1 aliphatic carbocycles. The number of nitrogens with one attached hydrogen (secondary N) is 2. The lowest BCUT2D eigenvalue weighted by molar-refractivity contribution is -0.122. The van der Waals surface area contributed by atoms with Crippen LogP contribution in [0.15, 0.2) is 0 Å². The first-order chi connectivity index (χ1) is 11.2. The van der Waals surface area contributed by atoms with Gasteiger partial charge in [0.1, 0.15) is 0 Å². The van der Waals surface area contributed by atoms with Crippen molar-refractivity contribution in [3.05, 3.63) is 0 Å². The number of hydrogen-bond acceptors (Lipinski definition) is 3. The molecule has 0 aromatic carbocycles. The molecule has 0 aromatic heterocycles. The van der Waals surface area contributed by atoms with E-state index in [1.165, 1.54) is 51.4 Å². The van der Waals surface area contributed by atoms with Crippen molar-refractivity contribution in [3.8, 4) is 0 Å². The average molecular weight is 322 g/mol. The molecule has 2 heterocycles. The predicted molar refractivity (Wildman–Crippen MR) is 92.3 cm³/mol. The van der Waals surface area contributed by atoms with E-state index in [1.54, 1.807) is 0 Å². The second kappa shape index (κ2) is 8.48. The maximum Gasteiger partial charge on any atom is 0.220 e. The molecule has 3 rings (SSSR count). The third kappa shape index (κ3) is 4.93. The second-order valence-corrected chi connectivity index (χ2v) is 7.86. The van der Waals surface area contributed by atoms with Crippen LogP contribution in [0.5, 0.6) is 0 Å². The van der Waals surface area contributed by atoms with E-state index >= 15 is 0 Å². The van der Waals surface area contributed by atoms with E-state index in [0.717, 1.165) is 26.0 Å². The molecule has 0 spiro atoms. The van der Waals surface area contributed by atoms with E-state index in [1.807, 2.05) is 0 Å². The Morgan fingerprint density at radius 2 is 1.87 bits per heavy atom. The van der Waals surface area contributed by atoms with Gasteiger partial charge in [0.2, 0.25) is 5.91 Å². The molecule has 3 fully saturated rings. The van der Waals surface area contributed by atoms with Crippen LogP contribution in [0.3, 0.4) is 0 Å². The van der Waals surface area contributed by atoms with Gasteiger partial charge in [-0.2, -0.15) is 0 Å². The summed E-state index contributed by atoms with van der Waals surface area (Å²) in [4.78, 5) is 12.2. The van der Waals surface area contributed by atoms with Crippen LogP contribution in [-0.4, -0.2) is 37.2 Å². The summed E-state index contributed by atoms with van der Waals surface area (Å²) in [6, 6.07) is 1.35. The Hall–Kier alpha value is -0.610.